The van der Waals surface area contributed by atoms with Gasteiger partial charge in [-0.05, 0) is 37.1 Å². The lowest BCUT2D eigenvalue weighted by Crippen LogP contribution is -2.23. The van der Waals surface area contributed by atoms with Crippen LogP contribution in [-0.2, 0) is 0 Å². The molecule has 0 amide bonds. The molecule has 88 valence electrons. The van der Waals surface area contributed by atoms with Gasteiger partial charge in [-0.1, -0.05) is 0 Å². The number of halogens is 1. The van der Waals surface area contributed by atoms with E-state index < -0.39 is 0 Å². The Kier molecular flexibility index (Phi) is 2.55. The average molecular weight is 232 g/mol. The largest absolute Gasteiger partial charge is 0.467 e. The van der Waals surface area contributed by atoms with Gasteiger partial charge in [-0.25, -0.2) is 9.37 Å². The van der Waals surface area contributed by atoms with Crippen LogP contribution in [-0.4, -0.2) is 11.5 Å². The van der Waals surface area contributed by atoms with Gasteiger partial charge >= 0.3 is 0 Å². The molecule has 2 aromatic rings. The minimum atomic E-state index is -0.303. The lowest BCUT2D eigenvalue weighted by Gasteiger charge is -2.23. The van der Waals surface area contributed by atoms with Crippen molar-refractivity contribution in [3.8, 4) is 0 Å². The van der Waals surface area contributed by atoms with E-state index >= 15 is 0 Å². The molecule has 1 fully saturated rings. The van der Waals surface area contributed by atoms with Crippen LogP contribution < -0.4 is 4.90 Å². The van der Waals surface area contributed by atoms with Gasteiger partial charge < -0.3 is 9.32 Å². The van der Waals surface area contributed by atoms with Crippen LogP contribution in [0.5, 0.6) is 0 Å². The maximum absolute atomic E-state index is 12.8. The minimum absolute atomic E-state index is 0.225. The highest BCUT2D eigenvalue weighted by Crippen LogP contribution is 2.35. The van der Waals surface area contributed by atoms with Crippen LogP contribution in [0.15, 0.2) is 41.1 Å². The van der Waals surface area contributed by atoms with Gasteiger partial charge in [-0.3, -0.25) is 0 Å². The highest BCUT2D eigenvalue weighted by atomic mass is 19.1. The Morgan fingerprint density at radius 2 is 2.29 bits per heavy atom. The molecule has 3 nitrogen and oxygen atoms in total. The van der Waals surface area contributed by atoms with Crippen molar-refractivity contribution in [2.45, 2.75) is 18.9 Å². The highest BCUT2D eigenvalue weighted by Gasteiger charge is 2.28. The topological polar surface area (TPSA) is 29.3 Å². The van der Waals surface area contributed by atoms with Crippen molar-refractivity contribution >= 4 is 5.82 Å². The van der Waals surface area contributed by atoms with Crippen LogP contribution in [0.3, 0.4) is 0 Å². The number of furan rings is 1. The Bertz CT molecular complexity index is 481. The molecule has 1 aliphatic heterocycles. The maximum atomic E-state index is 12.8. The van der Waals surface area contributed by atoms with E-state index in [-0.39, 0.29) is 11.9 Å². The summed E-state index contributed by atoms with van der Waals surface area (Å²) in [6, 6.07) is 7.26. The van der Waals surface area contributed by atoms with E-state index in [1.807, 2.05) is 12.1 Å². The zero-order chi connectivity index (χ0) is 11.7. The lowest BCUT2D eigenvalue weighted by molar-refractivity contribution is 0.464. The first-order valence-electron chi connectivity index (χ1n) is 5.76. The Hall–Kier alpha value is -1.84. The van der Waals surface area contributed by atoms with E-state index in [2.05, 4.69) is 9.88 Å². The summed E-state index contributed by atoms with van der Waals surface area (Å²) in [5.74, 6) is 1.46. The number of hydrogen-bond acceptors (Lipinski definition) is 3. The monoisotopic (exact) mass is 232 g/mol. The van der Waals surface area contributed by atoms with Gasteiger partial charge in [0.2, 0.25) is 0 Å². The van der Waals surface area contributed by atoms with Crippen molar-refractivity contribution in [3.05, 3.63) is 48.3 Å². The van der Waals surface area contributed by atoms with Crippen LogP contribution in [0.2, 0.25) is 0 Å². The molecule has 0 radical (unpaired) electrons. The molecule has 2 aromatic heterocycles. The maximum Gasteiger partial charge on any atom is 0.141 e. The summed E-state index contributed by atoms with van der Waals surface area (Å²) in [5.41, 5.74) is 0. The molecule has 1 atom stereocenters. The fourth-order valence-electron chi connectivity index (χ4n) is 2.36. The van der Waals surface area contributed by atoms with Gasteiger partial charge in [0.05, 0.1) is 18.5 Å². The summed E-state index contributed by atoms with van der Waals surface area (Å²) in [6.45, 7) is 0.935. The molecular weight excluding hydrogens is 219 g/mol. The van der Waals surface area contributed by atoms with Gasteiger partial charge in [-0.15, -0.1) is 0 Å². The van der Waals surface area contributed by atoms with E-state index in [9.17, 15) is 4.39 Å². The second-order valence-corrected chi connectivity index (χ2v) is 4.20. The Labute approximate surface area is 98.9 Å². The molecule has 1 saturated heterocycles. The summed E-state index contributed by atoms with van der Waals surface area (Å²) < 4.78 is 18.3. The third kappa shape index (κ3) is 1.90. The Morgan fingerprint density at radius 1 is 1.35 bits per heavy atom. The van der Waals surface area contributed by atoms with Gasteiger partial charge in [0, 0.05) is 6.54 Å². The molecular formula is C13H13FN2O. The fraction of sp³-hybridized carbons (Fsp3) is 0.308. The molecule has 0 spiro atoms. The van der Waals surface area contributed by atoms with Gasteiger partial charge in [0.25, 0.3) is 0 Å². The van der Waals surface area contributed by atoms with Gasteiger partial charge in [0.15, 0.2) is 0 Å². The molecule has 17 heavy (non-hydrogen) atoms. The van der Waals surface area contributed by atoms with E-state index in [0.29, 0.717) is 0 Å². The van der Waals surface area contributed by atoms with Crippen molar-refractivity contribution in [2.75, 3.05) is 11.4 Å². The molecule has 0 bridgehead atoms. The molecule has 1 aliphatic rings. The molecule has 1 unspecified atom stereocenters. The Morgan fingerprint density at radius 3 is 3.00 bits per heavy atom. The normalized spacial score (nSPS) is 19.8. The lowest BCUT2D eigenvalue weighted by atomic mass is 10.1. The first-order chi connectivity index (χ1) is 8.34. The molecule has 0 N–H and O–H groups in total. The van der Waals surface area contributed by atoms with E-state index in [0.717, 1.165) is 31.0 Å². The van der Waals surface area contributed by atoms with Crippen LogP contribution in [0.4, 0.5) is 10.2 Å². The summed E-state index contributed by atoms with van der Waals surface area (Å²) in [6.07, 6.45) is 5.09. The summed E-state index contributed by atoms with van der Waals surface area (Å²) in [4.78, 5) is 6.29. The fourth-order valence-corrected chi connectivity index (χ4v) is 2.36. The third-order valence-electron chi connectivity index (χ3n) is 3.13. The number of anilines is 1. The van der Waals surface area contributed by atoms with E-state index in [1.54, 1.807) is 12.3 Å². The summed E-state index contributed by atoms with van der Waals surface area (Å²) >= 11 is 0. The summed E-state index contributed by atoms with van der Waals surface area (Å²) in [5, 5.41) is 0. The second kappa shape index (κ2) is 4.20. The molecule has 0 aromatic carbocycles. The van der Waals surface area contributed by atoms with Crippen molar-refractivity contribution in [1.29, 1.82) is 0 Å². The van der Waals surface area contributed by atoms with Gasteiger partial charge in [-0.2, -0.15) is 0 Å². The zero-order valence-electron chi connectivity index (χ0n) is 9.34. The number of aromatic nitrogens is 1. The van der Waals surface area contributed by atoms with E-state index in [4.69, 9.17) is 4.42 Å². The molecule has 0 aliphatic carbocycles. The summed E-state index contributed by atoms with van der Waals surface area (Å²) in [7, 11) is 0. The first kappa shape index (κ1) is 10.3. The SMILES string of the molecule is Fc1ccc(N2CCCC2c2ccco2)nc1. The average Bonchev–Trinajstić information content (AvgIpc) is 3.00. The smallest absolute Gasteiger partial charge is 0.141 e. The highest BCUT2D eigenvalue weighted by molar-refractivity contribution is 5.42. The molecule has 3 heterocycles. The van der Waals surface area contributed by atoms with Crippen LogP contribution in [0.25, 0.3) is 0 Å². The van der Waals surface area contributed by atoms with E-state index in [1.165, 1.54) is 12.3 Å². The number of rotatable bonds is 2. The molecule has 4 heteroatoms. The van der Waals surface area contributed by atoms with Gasteiger partial charge in [0.1, 0.15) is 17.4 Å². The molecule has 0 saturated carbocycles. The second-order valence-electron chi connectivity index (χ2n) is 4.20. The number of nitrogens with zero attached hydrogens (tertiary/aromatic N) is 2. The number of pyridine rings is 1. The predicted molar refractivity (Wildman–Crippen MR) is 62.2 cm³/mol. The first-order valence-corrected chi connectivity index (χ1v) is 5.76. The minimum Gasteiger partial charge on any atom is -0.467 e. The van der Waals surface area contributed by atoms with Crippen LogP contribution in [0.1, 0.15) is 24.6 Å². The standard InChI is InChI=1S/C13H13FN2O/c14-10-5-6-13(15-9-10)16-7-1-3-11(16)12-4-2-8-17-12/h2,4-6,8-9,11H,1,3,7H2. The number of hydrogen-bond donors (Lipinski definition) is 0. The quantitative estimate of drug-likeness (QED) is 0.796. The van der Waals surface area contributed by atoms with Crippen molar-refractivity contribution in [3.63, 3.8) is 0 Å². The van der Waals surface area contributed by atoms with Crippen LogP contribution >= 0.6 is 0 Å². The van der Waals surface area contributed by atoms with Crippen molar-refractivity contribution in [2.24, 2.45) is 0 Å². The van der Waals surface area contributed by atoms with Crippen molar-refractivity contribution in [1.82, 2.24) is 4.98 Å². The predicted octanol–water partition coefficient (Wildman–Crippen LogP) is 3.16. The zero-order valence-corrected chi connectivity index (χ0v) is 9.34. The Balaban J connectivity index is 1.89. The third-order valence-corrected chi connectivity index (χ3v) is 3.13. The van der Waals surface area contributed by atoms with Crippen molar-refractivity contribution < 1.29 is 8.81 Å². The molecule has 3 rings (SSSR count). The van der Waals surface area contributed by atoms with Crippen LogP contribution in [0, 0.1) is 5.82 Å².